The van der Waals surface area contributed by atoms with E-state index in [2.05, 4.69) is 10.6 Å². The van der Waals surface area contributed by atoms with Crippen LogP contribution in [0.5, 0.6) is 5.75 Å². The topological polar surface area (TPSA) is 76.7 Å². The van der Waals surface area contributed by atoms with Gasteiger partial charge in [0.2, 0.25) is 5.91 Å². The second-order valence-corrected chi connectivity index (χ2v) is 4.02. The maximum Gasteiger partial charge on any atom is 0.344 e. The van der Waals surface area contributed by atoms with Gasteiger partial charge in [-0.3, -0.25) is 4.79 Å². The highest BCUT2D eigenvalue weighted by Crippen LogP contribution is 2.17. The number of hydrogen-bond acceptors (Lipinski definition) is 5. The summed E-state index contributed by atoms with van der Waals surface area (Å²) in [6, 6.07) is 6.88. The van der Waals surface area contributed by atoms with E-state index in [0.717, 1.165) is 0 Å². The van der Waals surface area contributed by atoms with Gasteiger partial charge in [0.05, 0.1) is 6.61 Å². The van der Waals surface area contributed by atoms with E-state index in [0.29, 0.717) is 31.0 Å². The van der Waals surface area contributed by atoms with Gasteiger partial charge in [-0.2, -0.15) is 0 Å². The fraction of sp³-hybridized carbons (Fsp3) is 0.429. The molecule has 0 aromatic heterocycles. The van der Waals surface area contributed by atoms with E-state index in [1.54, 1.807) is 38.2 Å². The Kier molecular flexibility index (Phi) is 7.13. The minimum absolute atomic E-state index is 0.0816. The lowest BCUT2D eigenvalue weighted by Crippen LogP contribution is -2.18. The van der Waals surface area contributed by atoms with Crippen molar-refractivity contribution < 1.29 is 19.1 Å². The molecule has 20 heavy (non-hydrogen) atoms. The Morgan fingerprint density at radius 1 is 1.30 bits per heavy atom. The molecule has 0 unspecified atom stereocenters. The smallest absolute Gasteiger partial charge is 0.344 e. The monoisotopic (exact) mass is 280 g/mol. The van der Waals surface area contributed by atoms with Gasteiger partial charge in [0, 0.05) is 24.7 Å². The number of rotatable bonds is 8. The first kappa shape index (κ1) is 16.0. The summed E-state index contributed by atoms with van der Waals surface area (Å²) in [5.41, 5.74) is 0.632. The van der Waals surface area contributed by atoms with E-state index in [1.807, 2.05) is 0 Å². The highest BCUT2D eigenvalue weighted by molar-refractivity contribution is 5.91. The molecule has 0 aliphatic carbocycles. The SMILES string of the molecule is CCOC(=O)COc1cccc(NC(=O)CCNC)c1. The number of esters is 1. The fourth-order valence-corrected chi connectivity index (χ4v) is 1.47. The molecule has 0 radical (unpaired) electrons. The van der Waals surface area contributed by atoms with Gasteiger partial charge in [-0.15, -0.1) is 0 Å². The van der Waals surface area contributed by atoms with Crippen LogP contribution in [0.3, 0.4) is 0 Å². The molecule has 110 valence electrons. The summed E-state index contributed by atoms with van der Waals surface area (Å²) in [6.07, 6.45) is 0.393. The molecule has 0 bridgehead atoms. The summed E-state index contributed by atoms with van der Waals surface area (Å²) >= 11 is 0. The van der Waals surface area contributed by atoms with Crippen LogP contribution in [0.4, 0.5) is 5.69 Å². The van der Waals surface area contributed by atoms with E-state index in [-0.39, 0.29) is 12.5 Å². The maximum absolute atomic E-state index is 11.6. The third kappa shape index (κ3) is 6.19. The molecule has 0 heterocycles. The van der Waals surface area contributed by atoms with Crippen molar-refractivity contribution >= 4 is 17.6 Å². The summed E-state index contributed by atoms with van der Waals surface area (Å²) < 4.78 is 10.0. The molecule has 0 atom stereocenters. The van der Waals surface area contributed by atoms with Gasteiger partial charge in [-0.05, 0) is 26.1 Å². The molecule has 1 amide bonds. The van der Waals surface area contributed by atoms with E-state index >= 15 is 0 Å². The van der Waals surface area contributed by atoms with Crippen LogP contribution in [0, 0.1) is 0 Å². The summed E-state index contributed by atoms with van der Waals surface area (Å²) in [6.45, 7) is 2.53. The molecule has 1 rings (SSSR count). The number of ether oxygens (including phenoxy) is 2. The van der Waals surface area contributed by atoms with Crippen LogP contribution in [-0.4, -0.2) is 38.7 Å². The first-order valence-electron chi connectivity index (χ1n) is 6.48. The van der Waals surface area contributed by atoms with Gasteiger partial charge in [0.15, 0.2) is 6.61 Å². The number of hydrogen-bond donors (Lipinski definition) is 2. The number of anilines is 1. The van der Waals surface area contributed by atoms with Gasteiger partial charge in [0.25, 0.3) is 0 Å². The van der Waals surface area contributed by atoms with Crippen molar-refractivity contribution in [2.45, 2.75) is 13.3 Å². The second-order valence-electron chi connectivity index (χ2n) is 4.02. The van der Waals surface area contributed by atoms with Crippen molar-refractivity contribution in [3.8, 4) is 5.75 Å². The molecule has 0 saturated heterocycles. The molecule has 2 N–H and O–H groups in total. The number of carbonyl (C=O) groups excluding carboxylic acids is 2. The maximum atomic E-state index is 11.6. The van der Waals surface area contributed by atoms with Crippen LogP contribution in [0.15, 0.2) is 24.3 Å². The molecule has 1 aromatic carbocycles. The predicted molar refractivity (Wildman–Crippen MR) is 75.7 cm³/mol. The Bertz CT molecular complexity index is 449. The molecule has 0 spiro atoms. The largest absolute Gasteiger partial charge is 0.482 e. The Labute approximate surface area is 118 Å². The van der Waals surface area contributed by atoms with Gasteiger partial charge >= 0.3 is 5.97 Å². The Hall–Kier alpha value is -2.08. The highest BCUT2D eigenvalue weighted by Gasteiger charge is 2.05. The van der Waals surface area contributed by atoms with Crippen molar-refractivity contribution in [1.29, 1.82) is 0 Å². The third-order valence-corrected chi connectivity index (χ3v) is 2.38. The number of carbonyl (C=O) groups is 2. The zero-order valence-corrected chi connectivity index (χ0v) is 11.8. The Balaban J connectivity index is 2.48. The van der Waals surface area contributed by atoms with Gasteiger partial charge in [0.1, 0.15) is 5.75 Å². The van der Waals surface area contributed by atoms with Crippen molar-refractivity contribution in [3.05, 3.63) is 24.3 Å². The molecule has 0 aliphatic rings. The molecule has 0 aliphatic heterocycles. The lowest BCUT2D eigenvalue weighted by molar-refractivity contribution is -0.145. The standard InChI is InChI=1S/C14H20N2O4/c1-3-19-14(18)10-20-12-6-4-5-11(9-12)16-13(17)7-8-15-2/h4-6,9,15H,3,7-8,10H2,1-2H3,(H,16,17). The van der Waals surface area contributed by atoms with Crippen molar-refractivity contribution in [3.63, 3.8) is 0 Å². The van der Waals surface area contributed by atoms with Crippen LogP contribution in [-0.2, 0) is 14.3 Å². The summed E-state index contributed by atoms with van der Waals surface area (Å²) in [4.78, 5) is 22.7. The molecular formula is C14H20N2O4. The average molecular weight is 280 g/mol. The highest BCUT2D eigenvalue weighted by atomic mass is 16.6. The Morgan fingerprint density at radius 3 is 2.80 bits per heavy atom. The van der Waals surface area contributed by atoms with Crippen LogP contribution in [0.2, 0.25) is 0 Å². The van der Waals surface area contributed by atoms with Crippen molar-refractivity contribution in [2.75, 3.05) is 32.1 Å². The lowest BCUT2D eigenvalue weighted by Gasteiger charge is -2.09. The number of nitrogens with one attached hydrogen (secondary N) is 2. The first-order valence-corrected chi connectivity index (χ1v) is 6.48. The molecule has 0 fully saturated rings. The molecular weight excluding hydrogens is 260 g/mol. The summed E-state index contributed by atoms with van der Waals surface area (Å²) in [5, 5.41) is 5.66. The zero-order valence-electron chi connectivity index (χ0n) is 11.8. The van der Waals surface area contributed by atoms with Crippen LogP contribution < -0.4 is 15.4 Å². The molecule has 0 saturated carbocycles. The quantitative estimate of drug-likeness (QED) is 0.699. The second kappa shape index (κ2) is 8.92. The zero-order chi connectivity index (χ0) is 14.8. The number of benzene rings is 1. The van der Waals surface area contributed by atoms with Crippen LogP contribution in [0.25, 0.3) is 0 Å². The normalized spacial score (nSPS) is 9.90. The van der Waals surface area contributed by atoms with Crippen LogP contribution in [0.1, 0.15) is 13.3 Å². The van der Waals surface area contributed by atoms with Gasteiger partial charge < -0.3 is 20.1 Å². The number of amides is 1. The molecule has 6 heteroatoms. The van der Waals surface area contributed by atoms with Crippen molar-refractivity contribution in [1.82, 2.24) is 5.32 Å². The van der Waals surface area contributed by atoms with Crippen LogP contribution >= 0.6 is 0 Å². The first-order chi connectivity index (χ1) is 9.65. The molecule has 1 aromatic rings. The fourth-order valence-electron chi connectivity index (χ4n) is 1.47. The van der Waals surface area contributed by atoms with Gasteiger partial charge in [-0.25, -0.2) is 4.79 Å². The predicted octanol–water partition coefficient (Wildman–Crippen LogP) is 1.18. The average Bonchev–Trinajstić information content (AvgIpc) is 2.44. The van der Waals surface area contributed by atoms with E-state index < -0.39 is 5.97 Å². The Morgan fingerprint density at radius 2 is 2.10 bits per heavy atom. The lowest BCUT2D eigenvalue weighted by atomic mass is 10.3. The van der Waals surface area contributed by atoms with E-state index in [9.17, 15) is 9.59 Å². The third-order valence-electron chi connectivity index (χ3n) is 2.38. The van der Waals surface area contributed by atoms with Crippen molar-refractivity contribution in [2.24, 2.45) is 0 Å². The molecule has 6 nitrogen and oxygen atoms in total. The summed E-state index contributed by atoms with van der Waals surface area (Å²) in [5.74, 6) is 0.00215. The minimum atomic E-state index is -0.420. The van der Waals surface area contributed by atoms with E-state index in [1.165, 1.54) is 0 Å². The van der Waals surface area contributed by atoms with E-state index in [4.69, 9.17) is 9.47 Å². The summed E-state index contributed by atoms with van der Waals surface area (Å²) in [7, 11) is 1.79. The minimum Gasteiger partial charge on any atom is -0.482 e. The van der Waals surface area contributed by atoms with Gasteiger partial charge in [-0.1, -0.05) is 6.07 Å².